The Kier molecular flexibility index (Phi) is 2.68. The Morgan fingerprint density at radius 2 is 1.79 bits per heavy atom. The van der Waals surface area contributed by atoms with Gasteiger partial charge in [0.05, 0.1) is 12.5 Å². The highest BCUT2D eigenvalue weighted by molar-refractivity contribution is 6.03. The van der Waals surface area contributed by atoms with Crippen molar-refractivity contribution in [2.75, 3.05) is 0 Å². The standard InChI is InChI=1S/C15H11NO3/c17-12-4-1-10(2-5-12)13-6-3-11(9-16-18)15-14(13)7-8-19-15/h1-9,17-18H. The van der Waals surface area contributed by atoms with Crippen LogP contribution in [0.1, 0.15) is 5.56 Å². The van der Waals surface area contributed by atoms with Crippen molar-refractivity contribution >= 4 is 17.2 Å². The normalized spacial score (nSPS) is 11.4. The van der Waals surface area contributed by atoms with E-state index in [9.17, 15) is 5.11 Å². The van der Waals surface area contributed by atoms with Crippen LogP contribution < -0.4 is 0 Å². The van der Waals surface area contributed by atoms with Crippen LogP contribution in [-0.4, -0.2) is 16.5 Å². The number of furan rings is 1. The van der Waals surface area contributed by atoms with Crippen LogP contribution in [-0.2, 0) is 0 Å². The average Bonchev–Trinajstić information content (AvgIpc) is 2.90. The minimum absolute atomic E-state index is 0.233. The van der Waals surface area contributed by atoms with Crippen LogP contribution in [0.3, 0.4) is 0 Å². The summed E-state index contributed by atoms with van der Waals surface area (Å²) in [4.78, 5) is 0. The second-order valence-corrected chi connectivity index (χ2v) is 4.16. The molecule has 0 atom stereocenters. The molecule has 0 saturated heterocycles. The van der Waals surface area contributed by atoms with Crippen LogP contribution in [0.15, 0.2) is 58.3 Å². The summed E-state index contributed by atoms with van der Waals surface area (Å²) in [6.45, 7) is 0. The first-order valence-electron chi connectivity index (χ1n) is 5.76. The Bertz CT molecular complexity index is 742. The van der Waals surface area contributed by atoms with Crippen molar-refractivity contribution in [1.82, 2.24) is 0 Å². The van der Waals surface area contributed by atoms with E-state index in [0.717, 1.165) is 16.5 Å². The number of benzene rings is 2. The quantitative estimate of drug-likeness (QED) is 0.416. The number of phenols is 1. The maximum Gasteiger partial charge on any atom is 0.143 e. The fourth-order valence-electron chi connectivity index (χ4n) is 2.14. The summed E-state index contributed by atoms with van der Waals surface area (Å²) in [6, 6.07) is 12.6. The van der Waals surface area contributed by atoms with Gasteiger partial charge in [0, 0.05) is 10.9 Å². The van der Waals surface area contributed by atoms with Crippen molar-refractivity contribution in [2.24, 2.45) is 5.16 Å². The lowest BCUT2D eigenvalue weighted by Gasteiger charge is -2.05. The van der Waals surface area contributed by atoms with Crippen LogP contribution >= 0.6 is 0 Å². The Morgan fingerprint density at radius 1 is 1.00 bits per heavy atom. The first-order chi connectivity index (χ1) is 9.29. The zero-order valence-electron chi connectivity index (χ0n) is 9.95. The summed E-state index contributed by atoms with van der Waals surface area (Å²) in [6.07, 6.45) is 2.94. The Morgan fingerprint density at radius 3 is 2.53 bits per heavy atom. The summed E-state index contributed by atoms with van der Waals surface area (Å²) in [5, 5.41) is 21.9. The van der Waals surface area contributed by atoms with Crippen LogP contribution in [0.4, 0.5) is 0 Å². The number of nitrogens with zero attached hydrogens (tertiary/aromatic N) is 1. The van der Waals surface area contributed by atoms with Crippen LogP contribution in [0, 0.1) is 0 Å². The Hall–Kier alpha value is -2.75. The zero-order chi connectivity index (χ0) is 13.2. The number of oxime groups is 1. The molecule has 0 spiro atoms. The molecular formula is C15H11NO3. The predicted octanol–water partition coefficient (Wildman–Crippen LogP) is 3.61. The van der Waals surface area contributed by atoms with E-state index < -0.39 is 0 Å². The van der Waals surface area contributed by atoms with E-state index in [-0.39, 0.29) is 5.75 Å². The van der Waals surface area contributed by atoms with E-state index in [2.05, 4.69) is 5.16 Å². The number of fused-ring (bicyclic) bond motifs is 1. The lowest BCUT2D eigenvalue weighted by molar-refractivity contribution is 0.322. The molecule has 0 bridgehead atoms. The molecule has 2 N–H and O–H groups in total. The summed E-state index contributed by atoms with van der Waals surface area (Å²) < 4.78 is 5.44. The van der Waals surface area contributed by atoms with Gasteiger partial charge < -0.3 is 14.7 Å². The fourth-order valence-corrected chi connectivity index (χ4v) is 2.14. The molecule has 0 aliphatic rings. The second-order valence-electron chi connectivity index (χ2n) is 4.16. The SMILES string of the molecule is ON=Cc1ccc(-c2ccc(O)cc2)c2ccoc12. The number of phenolic OH excluding ortho intramolecular Hbond substituents is 1. The average molecular weight is 253 g/mol. The molecule has 1 aromatic heterocycles. The van der Waals surface area contributed by atoms with E-state index in [1.165, 1.54) is 6.21 Å². The lowest BCUT2D eigenvalue weighted by atomic mass is 10.00. The number of rotatable bonds is 2. The Labute approximate surface area is 109 Å². The molecule has 0 saturated carbocycles. The molecule has 3 aromatic rings. The molecule has 19 heavy (non-hydrogen) atoms. The van der Waals surface area contributed by atoms with Gasteiger partial charge in [-0.05, 0) is 35.4 Å². The van der Waals surface area contributed by atoms with Crippen LogP contribution in [0.5, 0.6) is 5.75 Å². The second kappa shape index (κ2) is 4.49. The van der Waals surface area contributed by atoms with Gasteiger partial charge in [-0.2, -0.15) is 0 Å². The third-order valence-corrected chi connectivity index (χ3v) is 3.02. The smallest absolute Gasteiger partial charge is 0.143 e. The molecule has 0 aliphatic carbocycles. The van der Waals surface area contributed by atoms with Gasteiger partial charge in [0.1, 0.15) is 11.3 Å². The number of hydrogen-bond acceptors (Lipinski definition) is 4. The predicted molar refractivity (Wildman–Crippen MR) is 72.7 cm³/mol. The molecule has 3 rings (SSSR count). The molecule has 0 amide bonds. The minimum atomic E-state index is 0.233. The van der Waals surface area contributed by atoms with Gasteiger partial charge in [0.25, 0.3) is 0 Å². The highest BCUT2D eigenvalue weighted by atomic mass is 16.4. The molecule has 4 heteroatoms. The van der Waals surface area contributed by atoms with Crippen molar-refractivity contribution in [1.29, 1.82) is 0 Å². The van der Waals surface area contributed by atoms with Crippen molar-refractivity contribution in [3.63, 3.8) is 0 Å². The van der Waals surface area contributed by atoms with Gasteiger partial charge in [0.15, 0.2) is 0 Å². The van der Waals surface area contributed by atoms with E-state index >= 15 is 0 Å². The van der Waals surface area contributed by atoms with Crippen molar-refractivity contribution in [3.8, 4) is 16.9 Å². The summed E-state index contributed by atoms with van der Waals surface area (Å²) in [7, 11) is 0. The first-order valence-corrected chi connectivity index (χ1v) is 5.76. The third-order valence-electron chi connectivity index (χ3n) is 3.02. The van der Waals surface area contributed by atoms with Gasteiger partial charge in [-0.15, -0.1) is 0 Å². The number of hydrogen-bond donors (Lipinski definition) is 2. The maximum atomic E-state index is 9.33. The Balaban J connectivity index is 2.23. The molecule has 0 unspecified atom stereocenters. The highest BCUT2D eigenvalue weighted by Gasteiger charge is 2.09. The fraction of sp³-hybridized carbons (Fsp3) is 0. The van der Waals surface area contributed by atoms with Crippen molar-refractivity contribution < 1.29 is 14.7 Å². The van der Waals surface area contributed by atoms with E-state index in [1.54, 1.807) is 18.4 Å². The molecule has 0 radical (unpaired) electrons. The largest absolute Gasteiger partial charge is 0.508 e. The van der Waals surface area contributed by atoms with Gasteiger partial charge in [-0.3, -0.25) is 0 Å². The van der Waals surface area contributed by atoms with E-state index in [0.29, 0.717) is 11.1 Å². The zero-order valence-corrected chi connectivity index (χ0v) is 9.95. The van der Waals surface area contributed by atoms with Crippen molar-refractivity contribution in [3.05, 3.63) is 54.3 Å². The highest BCUT2D eigenvalue weighted by Crippen LogP contribution is 2.31. The monoisotopic (exact) mass is 253 g/mol. The molecule has 0 fully saturated rings. The summed E-state index contributed by atoms with van der Waals surface area (Å²) in [5.41, 5.74) is 3.36. The van der Waals surface area contributed by atoms with E-state index in [4.69, 9.17) is 9.62 Å². The van der Waals surface area contributed by atoms with Gasteiger partial charge >= 0.3 is 0 Å². The molecule has 0 aliphatic heterocycles. The molecule has 94 valence electrons. The van der Waals surface area contributed by atoms with E-state index in [1.807, 2.05) is 30.3 Å². The third kappa shape index (κ3) is 1.93. The number of aromatic hydroxyl groups is 1. The van der Waals surface area contributed by atoms with Gasteiger partial charge in [0.2, 0.25) is 0 Å². The molecule has 1 heterocycles. The topological polar surface area (TPSA) is 66.0 Å². The summed E-state index contributed by atoms with van der Waals surface area (Å²) >= 11 is 0. The molecule has 2 aromatic carbocycles. The van der Waals surface area contributed by atoms with Gasteiger partial charge in [-0.1, -0.05) is 23.4 Å². The molecule has 4 nitrogen and oxygen atoms in total. The van der Waals surface area contributed by atoms with Crippen LogP contribution in [0.2, 0.25) is 0 Å². The van der Waals surface area contributed by atoms with Crippen molar-refractivity contribution in [2.45, 2.75) is 0 Å². The minimum Gasteiger partial charge on any atom is -0.508 e. The van der Waals surface area contributed by atoms with Crippen LogP contribution in [0.25, 0.3) is 22.1 Å². The van der Waals surface area contributed by atoms with Gasteiger partial charge in [-0.25, -0.2) is 0 Å². The maximum absolute atomic E-state index is 9.33. The lowest BCUT2D eigenvalue weighted by Crippen LogP contribution is -1.85. The summed E-state index contributed by atoms with van der Waals surface area (Å²) in [5.74, 6) is 0.233. The first kappa shape index (κ1) is 11.3. The molecular weight excluding hydrogens is 242 g/mol.